The predicted octanol–water partition coefficient (Wildman–Crippen LogP) is 0.625. The topological polar surface area (TPSA) is 64.8 Å². The summed E-state index contributed by atoms with van der Waals surface area (Å²) in [6.07, 6.45) is 2.32. The predicted molar refractivity (Wildman–Crippen MR) is 70.3 cm³/mol. The molecule has 1 aliphatic heterocycles. The Morgan fingerprint density at radius 1 is 1.56 bits per heavy atom. The third-order valence-electron chi connectivity index (χ3n) is 3.30. The number of piperidine rings is 1. The van der Waals surface area contributed by atoms with E-state index in [0.717, 1.165) is 26.1 Å². The molecule has 0 aromatic heterocycles. The summed E-state index contributed by atoms with van der Waals surface area (Å²) in [5.74, 6) is 0.223. The number of esters is 1. The Balaban J connectivity index is 2.47. The number of carbonyl (C=O) groups is 1. The summed E-state index contributed by atoms with van der Waals surface area (Å²) >= 11 is 0. The zero-order valence-electron chi connectivity index (χ0n) is 11.8. The highest BCUT2D eigenvalue weighted by Crippen LogP contribution is 2.18. The lowest BCUT2D eigenvalue weighted by Gasteiger charge is -2.36. The van der Waals surface area contributed by atoms with E-state index in [1.54, 1.807) is 21.0 Å². The van der Waals surface area contributed by atoms with E-state index in [1.165, 1.54) is 6.42 Å². The number of hydrogen-bond acceptors (Lipinski definition) is 5. The van der Waals surface area contributed by atoms with E-state index >= 15 is 0 Å². The van der Waals surface area contributed by atoms with Gasteiger partial charge in [0.1, 0.15) is 5.54 Å². The summed E-state index contributed by atoms with van der Waals surface area (Å²) in [5, 5.41) is 0. The van der Waals surface area contributed by atoms with Crippen LogP contribution in [0.2, 0.25) is 0 Å². The van der Waals surface area contributed by atoms with Gasteiger partial charge >= 0.3 is 5.97 Å². The SMILES string of the molecule is CCOC(=O)C(C)(N)CN1CCCC(COC)C1. The quantitative estimate of drug-likeness (QED) is 0.708. The second-order valence-corrected chi connectivity index (χ2v) is 5.34. The molecule has 0 bridgehead atoms. The highest BCUT2D eigenvalue weighted by molar-refractivity contribution is 5.80. The summed E-state index contributed by atoms with van der Waals surface area (Å²) in [6.45, 7) is 7.17. The molecule has 1 rings (SSSR count). The molecule has 0 aromatic rings. The smallest absolute Gasteiger partial charge is 0.327 e. The third-order valence-corrected chi connectivity index (χ3v) is 3.30. The van der Waals surface area contributed by atoms with Gasteiger partial charge in [0.25, 0.3) is 0 Å². The fourth-order valence-corrected chi connectivity index (χ4v) is 2.49. The number of nitrogens with zero attached hydrogens (tertiary/aromatic N) is 1. The van der Waals surface area contributed by atoms with Crippen LogP contribution < -0.4 is 5.73 Å². The van der Waals surface area contributed by atoms with Crippen LogP contribution in [-0.4, -0.2) is 56.4 Å². The minimum atomic E-state index is -0.926. The maximum absolute atomic E-state index is 11.7. The first kappa shape index (κ1) is 15.4. The van der Waals surface area contributed by atoms with Crippen LogP contribution in [0.25, 0.3) is 0 Å². The number of methoxy groups -OCH3 is 1. The molecule has 5 heteroatoms. The van der Waals surface area contributed by atoms with Crippen molar-refractivity contribution in [3.63, 3.8) is 0 Å². The van der Waals surface area contributed by atoms with Crippen molar-refractivity contribution in [3.05, 3.63) is 0 Å². The van der Waals surface area contributed by atoms with E-state index in [-0.39, 0.29) is 5.97 Å². The molecule has 2 atom stereocenters. The third kappa shape index (κ3) is 4.55. The Hall–Kier alpha value is -0.650. The maximum Gasteiger partial charge on any atom is 0.327 e. The average Bonchev–Trinajstić information content (AvgIpc) is 2.29. The van der Waals surface area contributed by atoms with E-state index in [9.17, 15) is 4.79 Å². The van der Waals surface area contributed by atoms with Gasteiger partial charge < -0.3 is 20.1 Å². The summed E-state index contributed by atoms with van der Waals surface area (Å²) in [5.41, 5.74) is 5.12. The Kier molecular flexibility index (Phi) is 6.05. The van der Waals surface area contributed by atoms with Crippen LogP contribution in [-0.2, 0) is 14.3 Å². The summed E-state index contributed by atoms with van der Waals surface area (Å²) in [4.78, 5) is 14.0. The van der Waals surface area contributed by atoms with Gasteiger partial charge in [-0.05, 0) is 39.2 Å². The second-order valence-electron chi connectivity index (χ2n) is 5.34. The summed E-state index contributed by atoms with van der Waals surface area (Å²) in [7, 11) is 1.73. The molecule has 18 heavy (non-hydrogen) atoms. The first-order valence-corrected chi connectivity index (χ1v) is 6.67. The minimum Gasteiger partial charge on any atom is -0.465 e. The summed E-state index contributed by atoms with van der Waals surface area (Å²) < 4.78 is 10.2. The van der Waals surface area contributed by atoms with Crippen molar-refractivity contribution in [2.45, 2.75) is 32.2 Å². The van der Waals surface area contributed by atoms with Gasteiger partial charge in [-0.2, -0.15) is 0 Å². The van der Waals surface area contributed by atoms with Gasteiger partial charge in [0.05, 0.1) is 13.2 Å². The first-order valence-electron chi connectivity index (χ1n) is 6.67. The molecule has 0 amide bonds. The van der Waals surface area contributed by atoms with Gasteiger partial charge in [-0.15, -0.1) is 0 Å². The van der Waals surface area contributed by atoms with Gasteiger partial charge in [-0.3, -0.25) is 4.79 Å². The Labute approximate surface area is 110 Å². The fourth-order valence-electron chi connectivity index (χ4n) is 2.49. The van der Waals surface area contributed by atoms with E-state index in [0.29, 0.717) is 19.1 Å². The minimum absolute atomic E-state index is 0.320. The lowest BCUT2D eigenvalue weighted by Crippen LogP contribution is -2.56. The van der Waals surface area contributed by atoms with E-state index in [4.69, 9.17) is 15.2 Å². The number of likely N-dealkylation sites (tertiary alicyclic amines) is 1. The van der Waals surface area contributed by atoms with Crippen molar-refractivity contribution in [3.8, 4) is 0 Å². The van der Waals surface area contributed by atoms with E-state index in [1.807, 2.05) is 0 Å². The van der Waals surface area contributed by atoms with Crippen LogP contribution in [0.4, 0.5) is 0 Å². The molecule has 5 nitrogen and oxygen atoms in total. The largest absolute Gasteiger partial charge is 0.465 e. The van der Waals surface area contributed by atoms with Crippen molar-refractivity contribution in [2.75, 3.05) is 40.0 Å². The molecule has 0 radical (unpaired) electrons. The fraction of sp³-hybridized carbons (Fsp3) is 0.923. The number of ether oxygens (including phenoxy) is 2. The Morgan fingerprint density at radius 2 is 2.28 bits per heavy atom. The molecule has 0 saturated carbocycles. The zero-order valence-corrected chi connectivity index (χ0v) is 11.8. The van der Waals surface area contributed by atoms with Gasteiger partial charge in [0, 0.05) is 20.2 Å². The standard InChI is InChI=1S/C13H26N2O3/c1-4-18-12(16)13(2,14)10-15-7-5-6-11(8-15)9-17-3/h11H,4-10,14H2,1-3H3. The van der Waals surface area contributed by atoms with Crippen molar-refractivity contribution >= 4 is 5.97 Å². The van der Waals surface area contributed by atoms with Crippen LogP contribution in [0, 0.1) is 5.92 Å². The van der Waals surface area contributed by atoms with Crippen LogP contribution in [0.15, 0.2) is 0 Å². The molecular formula is C13H26N2O3. The highest BCUT2D eigenvalue weighted by atomic mass is 16.5. The first-order chi connectivity index (χ1) is 8.49. The van der Waals surface area contributed by atoms with Crippen molar-refractivity contribution < 1.29 is 14.3 Å². The van der Waals surface area contributed by atoms with Gasteiger partial charge in [-0.25, -0.2) is 0 Å². The lowest BCUT2D eigenvalue weighted by atomic mass is 9.96. The molecular weight excluding hydrogens is 232 g/mol. The molecule has 1 saturated heterocycles. The number of nitrogens with two attached hydrogens (primary N) is 1. The summed E-state index contributed by atoms with van der Waals surface area (Å²) in [6, 6.07) is 0. The van der Waals surface area contributed by atoms with Crippen LogP contribution in [0.1, 0.15) is 26.7 Å². The van der Waals surface area contributed by atoms with Gasteiger partial charge in [0.2, 0.25) is 0 Å². The average molecular weight is 258 g/mol. The van der Waals surface area contributed by atoms with Crippen molar-refractivity contribution in [1.82, 2.24) is 4.90 Å². The van der Waals surface area contributed by atoms with Crippen LogP contribution in [0.3, 0.4) is 0 Å². The van der Waals surface area contributed by atoms with Crippen molar-refractivity contribution in [2.24, 2.45) is 11.7 Å². The van der Waals surface area contributed by atoms with Crippen LogP contribution >= 0.6 is 0 Å². The molecule has 0 aromatic carbocycles. The van der Waals surface area contributed by atoms with Crippen molar-refractivity contribution in [1.29, 1.82) is 0 Å². The van der Waals surface area contributed by atoms with Crippen LogP contribution in [0.5, 0.6) is 0 Å². The van der Waals surface area contributed by atoms with E-state index in [2.05, 4.69) is 4.90 Å². The molecule has 1 heterocycles. The molecule has 2 N–H and O–H groups in total. The Bertz CT molecular complexity index is 267. The normalized spacial score (nSPS) is 24.6. The monoisotopic (exact) mass is 258 g/mol. The number of carbonyl (C=O) groups excluding carboxylic acids is 1. The zero-order chi connectivity index (χ0) is 13.6. The molecule has 1 aliphatic rings. The van der Waals surface area contributed by atoms with E-state index < -0.39 is 5.54 Å². The maximum atomic E-state index is 11.7. The lowest BCUT2D eigenvalue weighted by molar-refractivity contribution is -0.149. The highest BCUT2D eigenvalue weighted by Gasteiger charge is 2.33. The second kappa shape index (κ2) is 7.07. The molecule has 0 spiro atoms. The molecule has 0 aliphatic carbocycles. The Morgan fingerprint density at radius 3 is 2.89 bits per heavy atom. The molecule has 106 valence electrons. The molecule has 2 unspecified atom stereocenters. The van der Waals surface area contributed by atoms with Gasteiger partial charge in [-0.1, -0.05) is 0 Å². The molecule has 1 fully saturated rings. The number of rotatable bonds is 6. The van der Waals surface area contributed by atoms with Gasteiger partial charge in [0.15, 0.2) is 0 Å². The number of hydrogen-bond donors (Lipinski definition) is 1.